The van der Waals surface area contributed by atoms with Crippen molar-refractivity contribution >= 4 is 11.7 Å². The highest BCUT2D eigenvalue weighted by atomic mass is 19.4. The van der Waals surface area contributed by atoms with Crippen LogP contribution >= 0.6 is 0 Å². The van der Waals surface area contributed by atoms with Gasteiger partial charge >= 0.3 is 12.1 Å². The van der Waals surface area contributed by atoms with Crippen molar-refractivity contribution in [1.29, 1.82) is 0 Å². The number of carboxylic acid groups (broad SMARTS) is 1. The van der Waals surface area contributed by atoms with Gasteiger partial charge in [-0.05, 0) is 79.6 Å². The predicted octanol–water partition coefficient (Wildman–Crippen LogP) is 7.98. The fourth-order valence-electron chi connectivity index (χ4n) is 4.52. The second-order valence-electron chi connectivity index (χ2n) is 9.81. The number of carbonyl (C=O) groups is 1. The lowest BCUT2D eigenvalue weighted by molar-refractivity contribution is -0.138. The summed E-state index contributed by atoms with van der Waals surface area (Å²) in [6.07, 6.45) is 6.87. The summed E-state index contributed by atoms with van der Waals surface area (Å²) in [7, 11) is 0. The molecule has 2 aliphatic rings. The van der Waals surface area contributed by atoms with Gasteiger partial charge in [-0.1, -0.05) is 31.2 Å². The van der Waals surface area contributed by atoms with Gasteiger partial charge in [0.25, 0.3) is 0 Å². The van der Waals surface area contributed by atoms with Crippen molar-refractivity contribution < 1.29 is 42.0 Å². The number of hydrogen-bond acceptors (Lipinski definition) is 5. The Bertz CT molecular complexity index is 1370. The second kappa shape index (κ2) is 13.5. The van der Waals surface area contributed by atoms with Crippen LogP contribution in [0.15, 0.2) is 78.5 Å². The Morgan fingerprint density at radius 3 is 2.61 bits per heavy atom. The van der Waals surface area contributed by atoms with E-state index in [-0.39, 0.29) is 23.5 Å². The van der Waals surface area contributed by atoms with E-state index in [9.17, 15) is 18.0 Å². The maximum absolute atomic E-state index is 13.6. The molecule has 0 saturated carbocycles. The SMILES string of the molecule is CCc1cc(OCCC(C)Oc2ccc(C(F)(F)F)cc2C2=COC=C(C3=CC=CCC3)O2)ccc1CCC(=O)O. The van der Waals surface area contributed by atoms with Crippen LogP contribution in [-0.4, -0.2) is 23.8 Å². The van der Waals surface area contributed by atoms with Crippen LogP contribution in [0, 0.1) is 0 Å². The zero-order valence-electron chi connectivity index (χ0n) is 23.0. The minimum atomic E-state index is -4.54. The van der Waals surface area contributed by atoms with Gasteiger partial charge in [-0.25, -0.2) is 0 Å². The first kappa shape index (κ1) is 29.8. The van der Waals surface area contributed by atoms with Crippen LogP contribution in [0.25, 0.3) is 5.76 Å². The smallest absolute Gasteiger partial charge is 0.416 e. The highest BCUT2D eigenvalue weighted by Crippen LogP contribution is 2.39. The van der Waals surface area contributed by atoms with E-state index in [1.165, 1.54) is 18.6 Å². The number of benzene rings is 2. The van der Waals surface area contributed by atoms with Gasteiger partial charge in [-0.15, -0.1) is 0 Å². The standard InChI is InChI=1S/C32H33F3O6/c1-3-22-17-26(12-9-23(22)10-14-31(36)37)39-16-15-21(2)40-28-13-11-25(32(33,34)35)18-27(28)30-20-38-19-29(41-30)24-7-5-4-6-8-24/h4-5,7,9,11-13,17-21H,3,6,8,10,14-16H2,1-2H3,(H,36,37). The summed E-state index contributed by atoms with van der Waals surface area (Å²) in [5.74, 6) is 0.615. The van der Waals surface area contributed by atoms with E-state index >= 15 is 0 Å². The van der Waals surface area contributed by atoms with Crippen LogP contribution in [0.4, 0.5) is 13.2 Å². The Hall–Kier alpha value is -4.14. The van der Waals surface area contributed by atoms with E-state index < -0.39 is 23.8 Å². The maximum atomic E-state index is 13.6. The molecular weight excluding hydrogens is 537 g/mol. The molecule has 1 atom stereocenters. The van der Waals surface area contributed by atoms with Gasteiger partial charge < -0.3 is 24.1 Å². The van der Waals surface area contributed by atoms with Crippen molar-refractivity contribution in [2.24, 2.45) is 0 Å². The number of aliphatic carboxylic acids is 1. The number of rotatable bonds is 12. The summed E-state index contributed by atoms with van der Waals surface area (Å²) in [6, 6.07) is 8.88. The molecule has 9 heteroatoms. The van der Waals surface area contributed by atoms with Gasteiger partial charge in [-0.3, -0.25) is 4.79 Å². The van der Waals surface area contributed by atoms with E-state index in [4.69, 9.17) is 24.1 Å². The molecule has 0 amide bonds. The first-order chi connectivity index (χ1) is 19.6. The van der Waals surface area contributed by atoms with Crippen LogP contribution in [-0.2, 0) is 33.3 Å². The Kier molecular flexibility index (Phi) is 9.81. The van der Waals surface area contributed by atoms with Gasteiger partial charge in [0, 0.05) is 12.8 Å². The van der Waals surface area contributed by atoms with Gasteiger partial charge in [0.05, 0.1) is 23.8 Å². The zero-order valence-corrected chi connectivity index (χ0v) is 23.0. The number of hydrogen-bond donors (Lipinski definition) is 1. The summed E-state index contributed by atoms with van der Waals surface area (Å²) in [4.78, 5) is 10.9. The molecule has 1 N–H and O–H groups in total. The zero-order chi connectivity index (χ0) is 29.4. The first-order valence-electron chi connectivity index (χ1n) is 13.6. The van der Waals surface area contributed by atoms with Gasteiger partial charge in [0.1, 0.15) is 24.0 Å². The summed E-state index contributed by atoms with van der Waals surface area (Å²) in [6.45, 7) is 4.12. The third kappa shape index (κ3) is 8.19. The van der Waals surface area contributed by atoms with E-state index in [0.29, 0.717) is 31.0 Å². The number of halogens is 3. The lowest BCUT2D eigenvalue weighted by Gasteiger charge is -2.23. The quantitative estimate of drug-likeness (QED) is 0.279. The molecule has 2 aromatic rings. The van der Waals surface area contributed by atoms with Gasteiger partial charge in [0.2, 0.25) is 0 Å². The molecular formula is C32H33F3O6. The molecule has 1 unspecified atom stereocenters. The summed E-state index contributed by atoms with van der Waals surface area (Å²) in [5.41, 5.74) is 2.20. The Morgan fingerprint density at radius 1 is 1.10 bits per heavy atom. The first-order valence-corrected chi connectivity index (χ1v) is 13.6. The van der Waals surface area contributed by atoms with Crippen molar-refractivity contribution in [3.05, 3.63) is 101 Å². The molecule has 0 saturated heterocycles. The third-order valence-corrected chi connectivity index (χ3v) is 6.76. The fraction of sp³-hybridized carbons (Fsp3) is 0.344. The second-order valence-corrected chi connectivity index (χ2v) is 9.81. The summed E-state index contributed by atoms with van der Waals surface area (Å²) >= 11 is 0. The topological polar surface area (TPSA) is 74.2 Å². The van der Waals surface area contributed by atoms with E-state index in [1.54, 1.807) is 0 Å². The summed E-state index contributed by atoms with van der Waals surface area (Å²) < 4.78 is 64.2. The predicted molar refractivity (Wildman–Crippen MR) is 148 cm³/mol. The highest BCUT2D eigenvalue weighted by molar-refractivity contribution is 5.68. The van der Waals surface area contributed by atoms with Gasteiger partial charge in [-0.2, -0.15) is 13.2 Å². The molecule has 41 heavy (non-hydrogen) atoms. The molecule has 6 nitrogen and oxygen atoms in total. The lowest BCUT2D eigenvalue weighted by Crippen LogP contribution is -2.17. The monoisotopic (exact) mass is 570 g/mol. The van der Waals surface area contributed by atoms with E-state index in [0.717, 1.165) is 48.1 Å². The largest absolute Gasteiger partial charge is 0.493 e. The van der Waals surface area contributed by atoms with Crippen LogP contribution in [0.1, 0.15) is 61.8 Å². The lowest BCUT2D eigenvalue weighted by atomic mass is 10.0. The molecule has 4 rings (SSSR count). The van der Waals surface area contributed by atoms with Crippen LogP contribution in [0.5, 0.6) is 11.5 Å². The number of aryl methyl sites for hydroxylation is 2. The van der Waals surface area contributed by atoms with E-state index in [2.05, 4.69) is 0 Å². The van der Waals surface area contributed by atoms with Crippen molar-refractivity contribution in [3.8, 4) is 11.5 Å². The molecule has 0 fully saturated rings. The highest BCUT2D eigenvalue weighted by Gasteiger charge is 2.32. The normalized spacial score (nSPS) is 15.6. The average molecular weight is 571 g/mol. The molecule has 0 aromatic heterocycles. The summed E-state index contributed by atoms with van der Waals surface area (Å²) in [5, 5.41) is 8.96. The Labute approximate surface area is 237 Å². The number of carboxylic acids is 1. The Balaban J connectivity index is 1.43. The van der Waals surface area contributed by atoms with Crippen LogP contribution < -0.4 is 9.47 Å². The molecule has 0 radical (unpaired) electrons. The maximum Gasteiger partial charge on any atom is 0.416 e. The minimum absolute atomic E-state index is 0.0644. The van der Waals surface area contributed by atoms with Crippen molar-refractivity contribution in [2.45, 2.75) is 64.7 Å². The molecule has 1 aliphatic carbocycles. The number of ether oxygens (including phenoxy) is 4. The molecule has 2 aromatic carbocycles. The molecule has 0 spiro atoms. The van der Waals surface area contributed by atoms with E-state index in [1.807, 2.05) is 50.3 Å². The molecule has 1 heterocycles. The molecule has 218 valence electrons. The number of alkyl halides is 3. The third-order valence-electron chi connectivity index (χ3n) is 6.76. The Morgan fingerprint density at radius 2 is 1.90 bits per heavy atom. The van der Waals surface area contributed by atoms with Crippen LogP contribution in [0.3, 0.4) is 0 Å². The molecule has 0 bridgehead atoms. The van der Waals surface area contributed by atoms with Crippen LogP contribution in [0.2, 0.25) is 0 Å². The van der Waals surface area contributed by atoms with Gasteiger partial charge in [0.15, 0.2) is 11.5 Å². The number of allylic oxidation sites excluding steroid dienone is 4. The van der Waals surface area contributed by atoms with Crippen molar-refractivity contribution in [1.82, 2.24) is 0 Å². The minimum Gasteiger partial charge on any atom is -0.493 e. The van der Waals surface area contributed by atoms with Crippen molar-refractivity contribution in [3.63, 3.8) is 0 Å². The molecule has 1 aliphatic heterocycles. The fourth-order valence-corrected chi connectivity index (χ4v) is 4.52. The van der Waals surface area contributed by atoms with Crippen molar-refractivity contribution in [2.75, 3.05) is 6.61 Å². The average Bonchev–Trinajstić information content (AvgIpc) is 2.96.